The van der Waals surface area contributed by atoms with Crippen molar-refractivity contribution in [2.45, 2.75) is 10.8 Å². The Bertz CT molecular complexity index is 1410. The molecule has 1 aliphatic heterocycles. The molecule has 7 nitrogen and oxygen atoms in total. The molecule has 0 unspecified atom stereocenters. The molecule has 0 bridgehead atoms. The zero-order valence-electron chi connectivity index (χ0n) is 19.1. The molecule has 1 aromatic heterocycles. The number of para-hydroxylation sites is 1. The van der Waals surface area contributed by atoms with Crippen LogP contribution in [0.4, 0.5) is 5.69 Å². The number of rotatable bonds is 7. The molecule has 4 aromatic rings. The molecule has 0 saturated heterocycles. The van der Waals surface area contributed by atoms with E-state index in [1.807, 2.05) is 55.5 Å². The molecule has 3 aromatic carbocycles. The number of aromatic nitrogens is 1. The first-order valence-corrected chi connectivity index (χ1v) is 12.6. The fourth-order valence-corrected chi connectivity index (χ4v) is 5.32. The van der Waals surface area contributed by atoms with Crippen LogP contribution < -0.4 is 19.1 Å². The molecular formula is C26H27N3O4S. The van der Waals surface area contributed by atoms with E-state index in [0.717, 1.165) is 27.7 Å². The molecule has 0 fully saturated rings. The summed E-state index contributed by atoms with van der Waals surface area (Å²) in [6, 6.07) is 21.0. The molecular weight excluding hydrogens is 450 g/mol. The van der Waals surface area contributed by atoms with Crippen LogP contribution in [0.5, 0.6) is 11.5 Å². The van der Waals surface area contributed by atoms with Crippen LogP contribution in [0.15, 0.2) is 77.8 Å². The topological polar surface area (TPSA) is 83.7 Å². The van der Waals surface area contributed by atoms with Gasteiger partial charge in [-0.3, -0.25) is 0 Å². The second-order valence-corrected chi connectivity index (χ2v) is 10.3. The van der Waals surface area contributed by atoms with Crippen molar-refractivity contribution in [3.8, 4) is 11.5 Å². The number of hydrogen-bond acceptors (Lipinski definition) is 5. The van der Waals surface area contributed by atoms with Gasteiger partial charge in [0.15, 0.2) is 11.5 Å². The first-order chi connectivity index (χ1) is 16.4. The third-order valence-corrected chi connectivity index (χ3v) is 7.53. The maximum atomic E-state index is 13.2. The highest BCUT2D eigenvalue weighted by Gasteiger charge is 2.24. The van der Waals surface area contributed by atoms with Crippen LogP contribution in [-0.4, -0.2) is 47.3 Å². The molecule has 2 N–H and O–H groups in total. The Hall–Kier alpha value is -3.49. The van der Waals surface area contributed by atoms with Crippen LogP contribution in [0.1, 0.15) is 17.0 Å². The minimum Gasteiger partial charge on any atom is -0.486 e. The van der Waals surface area contributed by atoms with E-state index >= 15 is 0 Å². The molecule has 0 aliphatic carbocycles. The van der Waals surface area contributed by atoms with Gasteiger partial charge in [0.05, 0.1) is 4.90 Å². The molecule has 0 amide bonds. The van der Waals surface area contributed by atoms with Gasteiger partial charge in [0.2, 0.25) is 10.0 Å². The first kappa shape index (κ1) is 22.3. The number of fused-ring (bicyclic) bond motifs is 2. The summed E-state index contributed by atoms with van der Waals surface area (Å²) in [7, 11) is 0.221. The summed E-state index contributed by atoms with van der Waals surface area (Å²) in [5.74, 6) is 0.823. The zero-order valence-corrected chi connectivity index (χ0v) is 19.9. The minimum atomic E-state index is -3.77. The maximum Gasteiger partial charge on any atom is 0.240 e. The Labute approximate surface area is 199 Å². The van der Waals surface area contributed by atoms with Gasteiger partial charge >= 0.3 is 0 Å². The van der Waals surface area contributed by atoms with Crippen LogP contribution >= 0.6 is 0 Å². The molecule has 1 atom stereocenters. The molecule has 0 saturated carbocycles. The molecule has 0 radical (unpaired) electrons. The van der Waals surface area contributed by atoms with Gasteiger partial charge in [0, 0.05) is 55.4 Å². The second-order valence-electron chi connectivity index (χ2n) is 8.49. The SMILES string of the molecule is CN(C)c1ccc([C@H](CNS(=O)(=O)c2ccc3c(c2)OCCO3)c2c[nH]c3ccccc23)cc1. The minimum absolute atomic E-state index is 0.150. The quantitative estimate of drug-likeness (QED) is 0.419. The van der Waals surface area contributed by atoms with Gasteiger partial charge in [-0.1, -0.05) is 30.3 Å². The Morgan fingerprint density at radius 1 is 0.971 bits per heavy atom. The predicted molar refractivity (Wildman–Crippen MR) is 134 cm³/mol. The van der Waals surface area contributed by atoms with E-state index in [1.165, 1.54) is 6.07 Å². The monoisotopic (exact) mass is 477 g/mol. The highest BCUT2D eigenvalue weighted by molar-refractivity contribution is 7.89. The number of hydrogen-bond donors (Lipinski definition) is 2. The number of ether oxygens (including phenoxy) is 2. The van der Waals surface area contributed by atoms with E-state index in [2.05, 4.69) is 27.9 Å². The lowest BCUT2D eigenvalue weighted by Crippen LogP contribution is -2.29. The molecule has 34 heavy (non-hydrogen) atoms. The van der Waals surface area contributed by atoms with Gasteiger partial charge in [-0.2, -0.15) is 0 Å². The Morgan fingerprint density at radius 3 is 2.47 bits per heavy atom. The number of benzene rings is 3. The van der Waals surface area contributed by atoms with E-state index in [4.69, 9.17) is 9.47 Å². The molecule has 5 rings (SSSR count). The summed E-state index contributed by atoms with van der Waals surface area (Å²) in [6.07, 6.45) is 1.97. The lowest BCUT2D eigenvalue weighted by Gasteiger charge is -2.21. The van der Waals surface area contributed by atoms with E-state index in [9.17, 15) is 8.42 Å². The largest absolute Gasteiger partial charge is 0.486 e. The Morgan fingerprint density at radius 2 is 1.71 bits per heavy atom. The summed E-state index contributed by atoms with van der Waals surface area (Å²) < 4.78 is 40.3. The van der Waals surface area contributed by atoms with E-state index in [-0.39, 0.29) is 17.4 Å². The smallest absolute Gasteiger partial charge is 0.240 e. The molecule has 2 heterocycles. The summed E-state index contributed by atoms with van der Waals surface area (Å²) >= 11 is 0. The van der Waals surface area contributed by atoms with Crippen molar-refractivity contribution in [3.05, 3.63) is 84.1 Å². The normalized spacial score (nSPS) is 14.2. The summed E-state index contributed by atoms with van der Waals surface area (Å²) in [5.41, 5.74) is 4.17. The Balaban J connectivity index is 1.47. The average Bonchev–Trinajstić information content (AvgIpc) is 3.28. The van der Waals surface area contributed by atoms with Crippen LogP contribution in [0.25, 0.3) is 10.9 Å². The van der Waals surface area contributed by atoms with E-state index in [1.54, 1.807) is 12.1 Å². The van der Waals surface area contributed by atoms with Crippen LogP contribution in [0, 0.1) is 0 Å². The number of sulfonamides is 1. The van der Waals surface area contributed by atoms with Gasteiger partial charge in [-0.05, 0) is 41.5 Å². The van der Waals surface area contributed by atoms with E-state index in [0.29, 0.717) is 24.7 Å². The third-order valence-electron chi connectivity index (χ3n) is 6.11. The fraction of sp³-hybridized carbons (Fsp3) is 0.231. The highest BCUT2D eigenvalue weighted by Crippen LogP contribution is 2.34. The van der Waals surface area contributed by atoms with Crippen LogP contribution in [-0.2, 0) is 10.0 Å². The molecule has 176 valence electrons. The predicted octanol–water partition coefficient (Wildman–Crippen LogP) is 4.12. The standard InChI is InChI=1S/C26H27N3O4S/c1-29(2)19-9-7-18(8-10-19)22(23-16-27-24-6-4-3-5-21(23)24)17-28-34(30,31)20-11-12-25-26(15-20)33-14-13-32-25/h3-12,15-16,22,27-28H,13-14,17H2,1-2H3/t22-/m0/s1. The molecule has 1 aliphatic rings. The number of anilines is 1. The van der Waals surface area contributed by atoms with Gasteiger partial charge in [-0.25, -0.2) is 13.1 Å². The Kier molecular flexibility index (Phi) is 5.93. The highest BCUT2D eigenvalue weighted by atomic mass is 32.2. The van der Waals surface area contributed by atoms with Gasteiger partial charge in [-0.15, -0.1) is 0 Å². The van der Waals surface area contributed by atoms with Crippen molar-refractivity contribution in [1.29, 1.82) is 0 Å². The number of aromatic amines is 1. The van der Waals surface area contributed by atoms with Gasteiger partial charge < -0.3 is 19.4 Å². The van der Waals surface area contributed by atoms with Gasteiger partial charge in [0.25, 0.3) is 0 Å². The first-order valence-electron chi connectivity index (χ1n) is 11.1. The number of nitrogens with zero attached hydrogens (tertiary/aromatic N) is 1. The van der Waals surface area contributed by atoms with Crippen molar-refractivity contribution in [2.75, 3.05) is 38.8 Å². The second kappa shape index (κ2) is 9.04. The van der Waals surface area contributed by atoms with Crippen molar-refractivity contribution < 1.29 is 17.9 Å². The average molecular weight is 478 g/mol. The van der Waals surface area contributed by atoms with Gasteiger partial charge in [0.1, 0.15) is 13.2 Å². The summed E-state index contributed by atoms with van der Waals surface area (Å²) in [4.78, 5) is 5.50. The van der Waals surface area contributed by atoms with Crippen molar-refractivity contribution in [3.63, 3.8) is 0 Å². The summed E-state index contributed by atoms with van der Waals surface area (Å²) in [6.45, 7) is 1.06. The van der Waals surface area contributed by atoms with Crippen molar-refractivity contribution >= 4 is 26.6 Å². The van der Waals surface area contributed by atoms with E-state index < -0.39 is 10.0 Å². The lowest BCUT2D eigenvalue weighted by atomic mass is 9.91. The third kappa shape index (κ3) is 4.34. The number of nitrogens with one attached hydrogen (secondary N) is 2. The molecule has 8 heteroatoms. The lowest BCUT2D eigenvalue weighted by molar-refractivity contribution is 0.171. The maximum absolute atomic E-state index is 13.2. The van der Waals surface area contributed by atoms with Crippen molar-refractivity contribution in [1.82, 2.24) is 9.71 Å². The molecule has 0 spiro atoms. The summed E-state index contributed by atoms with van der Waals surface area (Å²) in [5, 5.41) is 1.07. The van der Waals surface area contributed by atoms with Crippen LogP contribution in [0.2, 0.25) is 0 Å². The number of H-pyrrole nitrogens is 1. The fourth-order valence-electron chi connectivity index (χ4n) is 4.26. The van der Waals surface area contributed by atoms with Crippen molar-refractivity contribution in [2.24, 2.45) is 0 Å². The van der Waals surface area contributed by atoms with Crippen LogP contribution in [0.3, 0.4) is 0 Å². The zero-order chi connectivity index (χ0) is 23.7.